The first kappa shape index (κ1) is 13.2. The number of nitrogens with one attached hydrogen (secondary N) is 2. The molecule has 3 rings (SSSR count). The van der Waals surface area contributed by atoms with Crippen LogP contribution in [0.3, 0.4) is 0 Å². The van der Waals surface area contributed by atoms with Crippen LogP contribution in [0.4, 0.5) is 5.00 Å². The predicted molar refractivity (Wildman–Crippen MR) is 79.0 cm³/mol. The zero-order valence-electron chi connectivity index (χ0n) is 10.6. The van der Waals surface area contributed by atoms with Crippen molar-refractivity contribution in [3.05, 3.63) is 28.4 Å². The zero-order valence-corrected chi connectivity index (χ0v) is 12.2. The second kappa shape index (κ2) is 5.69. The number of imidazole rings is 1. The van der Waals surface area contributed by atoms with Crippen molar-refractivity contribution in [2.75, 3.05) is 11.1 Å². The van der Waals surface area contributed by atoms with E-state index in [0.717, 1.165) is 24.8 Å². The van der Waals surface area contributed by atoms with E-state index in [1.807, 2.05) is 0 Å². The minimum absolute atomic E-state index is 0.108. The maximum atomic E-state index is 11.9. The van der Waals surface area contributed by atoms with Crippen LogP contribution in [-0.2, 0) is 17.6 Å². The number of hydrogen-bond donors (Lipinski definition) is 2. The standard InChI is InChI=1S/C13H12N4OS2/c14-6-9-8-2-1-3-10(8)20-12(9)17-11(18)7-19-13-15-4-5-16-13/h4-5H,1-3,7H2,(H,15,16)(H,17,18). The van der Waals surface area contributed by atoms with Crippen molar-refractivity contribution in [1.82, 2.24) is 9.97 Å². The summed E-state index contributed by atoms with van der Waals surface area (Å²) in [4.78, 5) is 20.2. The van der Waals surface area contributed by atoms with Crippen LogP contribution in [0, 0.1) is 11.3 Å². The van der Waals surface area contributed by atoms with Crippen molar-refractivity contribution in [3.8, 4) is 6.07 Å². The molecule has 0 fully saturated rings. The van der Waals surface area contributed by atoms with Crippen LogP contribution in [0.15, 0.2) is 17.6 Å². The second-order valence-electron chi connectivity index (χ2n) is 4.40. The molecule has 20 heavy (non-hydrogen) atoms. The molecule has 2 N–H and O–H groups in total. The predicted octanol–water partition coefficient (Wildman–Crippen LogP) is 2.56. The third kappa shape index (κ3) is 2.57. The number of thioether (sulfide) groups is 1. The summed E-state index contributed by atoms with van der Waals surface area (Å²) in [5.41, 5.74) is 1.78. The molecule has 5 nitrogen and oxygen atoms in total. The maximum absolute atomic E-state index is 11.9. The van der Waals surface area contributed by atoms with Crippen LogP contribution >= 0.6 is 23.1 Å². The SMILES string of the molecule is N#Cc1c(NC(=O)CSc2ncc[nH]2)sc2c1CCC2. The average molecular weight is 304 g/mol. The normalized spacial score (nSPS) is 12.9. The van der Waals surface area contributed by atoms with Gasteiger partial charge in [-0.2, -0.15) is 5.26 Å². The molecule has 0 saturated carbocycles. The zero-order chi connectivity index (χ0) is 13.9. The summed E-state index contributed by atoms with van der Waals surface area (Å²) in [6.45, 7) is 0. The Hall–Kier alpha value is -1.78. The molecule has 0 radical (unpaired) electrons. The number of nitriles is 1. The summed E-state index contributed by atoms with van der Waals surface area (Å²) in [6, 6.07) is 2.22. The number of thiophene rings is 1. The number of aromatic nitrogens is 2. The van der Waals surface area contributed by atoms with E-state index in [1.165, 1.54) is 28.0 Å². The van der Waals surface area contributed by atoms with Crippen molar-refractivity contribution in [1.29, 1.82) is 5.26 Å². The smallest absolute Gasteiger partial charge is 0.235 e. The molecule has 1 aliphatic carbocycles. The summed E-state index contributed by atoms with van der Waals surface area (Å²) >= 11 is 2.88. The molecule has 0 unspecified atom stereocenters. The van der Waals surface area contributed by atoms with Gasteiger partial charge >= 0.3 is 0 Å². The largest absolute Gasteiger partial charge is 0.340 e. The fraction of sp³-hybridized carbons (Fsp3) is 0.308. The summed E-state index contributed by atoms with van der Waals surface area (Å²) in [6.07, 6.45) is 6.45. The highest BCUT2D eigenvalue weighted by molar-refractivity contribution is 7.99. The highest BCUT2D eigenvalue weighted by Gasteiger charge is 2.23. The van der Waals surface area contributed by atoms with Crippen LogP contribution in [0.1, 0.15) is 22.4 Å². The monoisotopic (exact) mass is 304 g/mol. The van der Waals surface area contributed by atoms with Crippen LogP contribution in [0.5, 0.6) is 0 Å². The first-order valence-electron chi connectivity index (χ1n) is 6.24. The number of fused-ring (bicyclic) bond motifs is 1. The topological polar surface area (TPSA) is 81.6 Å². The third-order valence-corrected chi connectivity index (χ3v) is 5.21. The number of hydrogen-bond acceptors (Lipinski definition) is 5. The van der Waals surface area contributed by atoms with Crippen molar-refractivity contribution < 1.29 is 4.79 Å². The van der Waals surface area contributed by atoms with E-state index < -0.39 is 0 Å². The third-order valence-electron chi connectivity index (χ3n) is 3.10. The quantitative estimate of drug-likeness (QED) is 0.851. The summed E-state index contributed by atoms with van der Waals surface area (Å²) in [5, 5.41) is 13.5. The highest BCUT2D eigenvalue weighted by atomic mass is 32.2. The van der Waals surface area contributed by atoms with E-state index in [1.54, 1.807) is 12.4 Å². The summed E-state index contributed by atoms with van der Waals surface area (Å²) in [7, 11) is 0. The molecule has 0 aromatic carbocycles. The Labute approximate surface area is 124 Å². The number of aryl methyl sites for hydroxylation is 1. The molecule has 0 atom stereocenters. The van der Waals surface area contributed by atoms with E-state index in [-0.39, 0.29) is 11.7 Å². The van der Waals surface area contributed by atoms with E-state index in [0.29, 0.717) is 15.7 Å². The van der Waals surface area contributed by atoms with Crippen LogP contribution in [0.2, 0.25) is 0 Å². The Morgan fingerprint density at radius 2 is 2.50 bits per heavy atom. The number of amides is 1. The van der Waals surface area contributed by atoms with E-state index in [4.69, 9.17) is 0 Å². The molecule has 0 aliphatic heterocycles. The van der Waals surface area contributed by atoms with Gasteiger partial charge in [0.2, 0.25) is 5.91 Å². The molecular weight excluding hydrogens is 292 g/mol. The number of nitrogens with zero attached hydrogens (tertiary/aromatic N) is 2. The molecule has 7 heteroatoms. The van der Waals surface area contributed by atoms with Gasteiger partial charge in [-0.15, -0.1) is 11.3 Å². The van der Waals surface area contributed by atoms with Gasteiger partial charge < -0.3 is 10.3 Å². The fourth-order valence-corrected chi connectivity index (χ4v) is 4.12. The molecule has 1 amide bonds. The number of anilines is 1. The molecule has 2 aromatic heterocycles. The molecule has 0 saturated heterocycles. The van der Waals surface area contributed by atoms with E-state index in [2.05, 4.69) is 21.4 Å². The van der Waals surface area contributed by atoms with Crippen LogP contribution in [0.25, 0.3) is 0 Å². The maximum Gasteiger partial charge on any atom is 0.235 e. The lowest BCUT2D eigenvalue weighted by atomic mass is 10.1. The first-order chi connectivity index (χ1) is 9.78. The average Bonchev–Trinajstić information content (AvgIpc) is 3.12. The molecule has 0 bridgehead atoms. The number of rotatable bonds is 4. The van der Waals surface area contributed by atoms with E-state index in [9.17, 15) is 10.1 Å². The molecule has 1 aliphatic rings. The molecule has 2 aromatic rings. The minimum atomic E-state index is -0.108. The van der Waals surface area contributed by atoms with Crippen LogP contribution < -0.4 is 5.32 Å². The number of carbonyl (C=O) groups excluding carboxylic acids is 1. The van der Waals surface area contributed by atoms with Crippen LogP contribution in [-0.4, -0.2) is 21.6 Å². The van der Waals surface area contributed by atoms with Gasteiger partial charge in [0.15, 0.2) is 5.16 Å². The molecule has 0 spiro atoms. The van der Waals surface area contributed by atoms with E-state index >= 15 is 0 Å². The fourth-order valence-electron chi connectivity index (χ4n) is 2.24. The number of aromatic amines is 1. The molecular formula is C13H12N4OS2. The first-order valence-corrected chi connectivity index (χ1v) is 8.05. The lowest BCUT2D eigenvalue weighted by Crippen LogP contribution is -2.14. The summed E-state index contributed by atoms with van der Waals surface area (Å²) in [5.74, 6) is 0.170. The number of carbonyl (C=O) groups is 1. The highest BCUT2D eigenvalue weighted by Crippen LogP contribution is 2.38. The number of H-pyrrole nitrogens is 1. The Kier molecular flexibility index (Phi) is 3.76. The second-order valence-corrected chi connectivity index (χ2v) is 6.47. The Bertz CT molecular complexity index is 669. The van der Waals surface area contributed by atoms with Gasteiger partial charge in [0.25, 0.3) is 0 Å². The van der Waals surface area contributed by atoms with Gasteiger partial charge in [0.05, 0.1) is 11.3 Å². The van der Waals surface area contributed by atoms with Gasteiger partial charge in [-0.3, -0.25) is 4.79 Å². The van der Waals surface area contributed by atoms with Gasteiger partial charge in [0, 0.05) is 17.3 Å². The Morgan fingerprint density at radius 3 is 3.25 bits per heavy atom. The molecule has 2 heterocycles. The van der Waals surface area contributed by atoms with Crippen molar-refractivity contribution >= 4 is 34.0 Å². The lowest BCUT2D eigenvalue weighted by Gasteiger charge is -2.02. The van der Waals surface area contributed by atoms with Gasteiger partial charge in [-0.25, -0.2) is 4.98 Å². The lowest BCUT2D eigenvalue weighted by molar-refractivity contribution is -0.113. The van der Waals surface area contributed by atoms with Crippen molar-refractivity contribution in [2.45, 2.75) is 24.4 Å². The van der Waals surface area contributed by atoms with Gasteiger partial charge in [-0.1, -0.05) is 11.8 Å². The van der Waals surface area contributed by atoms with Crippen molar-refractivity contribution in [2.24, 2.45) is 0 Å². The Balaban J connectivity index is 1.66. The Morgan fingerprint density at radius 1 is 1.60 bits per heavy atom. The summed E-state index contributed by atoms with van der Waals surface area (Å²) < 4.78 is 0. The minimum Gasteiger partial charge on any atom is -0.340 e. The van der Waals surface area contributed by atoms with Gasteiger partial charge in [0.1, 0.15) is 11.1 Å². The van der Waals surface area contributed by atoms with Crippen molar-refractivity contribution in [3.63, 3.8) is 0 Å². The molecule has 102 valence electrons. The van der Waals surface area contributed by atoms with Gasteiger partial charge in [-0.05, 0) is 24.8 Å².